The Kier molecular flexibility index (Phi) is 4.76. The lowest BCUT2D eigenvalue weighted by Crippen LogP contribution is -2.16. The molecule has 1 saturated carbocycles. The van der Waals surface area contributed by atoms with Crippen molar-refractivity contribution in [3.63, 3.8) is 0 Å². The first-order chi connectivity index (χ1) is 11.8. The van der Waals surface area contributed by atoms with Gasteiger partial charge in [-0.1, -0.05) is 12.8 Å². The van der Waals surface area contributed by atoms with Crippen LogP contribution in [0.2, 0.25) is 0 Å². The molecule has 0 unspecified atom stereocenters. The van der Waals surface area contributed by atoms with Crippen LogP contribution in [0.5, 0.6) is 0 Å². The number of anilines is 1. The van der Waals surface area contributed by atoms with E-state index in [0.717, 1.165) is 42.6 Å². The fourth-order valence-electron chi connectivity index (χ4n) is 3.77. The van der Waals surface area contributed by atoms with Gasteiger partial charge in [-0.3, -0.25) is 0 Å². The molecule has 6 heteroatoms. The van der Waals surface area contributed by atoms with Gasteiger partial charge in [-0.25, -0.2) is 15.0 Å². The van der Waals surface area contributed by atoms with Crippen LogP contribution in [0.15, 0.2) is 11.6 Å². The Hall–Kier alpha value is -1.53. The summed E-state index contributed by atoms with van der Waals surface area (Å²) in [4.78, 5) is 14.4. The van der Waals surface area contributed by atoms with Gasteiger partial charge in [-0.15, -0.1) is 11.3 Å². The van der Waals surface area contributed by atoms with Crippen LogP contribution in [-0.2, 0) is 12.8 Å². The van der Waals surface area contributed by atoms with Crippen molar-refractivity contribution in [1.29, 1.82) is 0 Å². The zero-order valence-electron chi connectivity index (χ0n) is 14.2. The van der Waals surface area contributed by atoms with Crippen LogP contribution in [0.25, 0.3) is 0 Å². The van der Waals surface area contributed by atoms with Gasteiger partial charge in [0.25, 0.3) is 0 Å². The Labute approximate surface area is 147 Å². The van der Waals surface area contributed by atoms with Gasteiger partial charge in [-0.05, 0) is 32.7 Å². The van der Waals surface area contributed by atoms with Crippen molar-refractivity contribution in [2.75, 3.05) is 18.4 Å². The normalized spacial score (nSPS) is 19.7. The zero-order valence-corrected chi connectivity index (χ0v) is 15.0. The highest BCUT2D eigenvalue weighted by atomic mass is 32.1. The molecule has 1 aliphatic heterocycles. The smallest absolute Gasteiger partial charge is 0.134 e. The van der Waals surface area contributed by atoms with Crippen LogP contribution < -0.4 is 10.6 Å². The number of aromatic nitrogens is 3. The minimum absolute atomic E-state index is 0.177. The lowest BCUT2D eigenvalue weighted by molar-refractivity contribution is 0.656. The Morgan fingerprint density at radius 2 is 2.04 bits per heavy atom. The Morgan fingerprint density at radius 1 is 1.21 bits per heavy atom. The average Bonchev–Trinajstić information content (AvgIpc) is 3.25. The molecule has 128 valence electrons. The molecule has 2 aromatic rings. The molecular weight excluding hydrogens is 318 g/mol. The van der Waals surface area contributed by atoms with E-state index in [9.17, 15) is 0 Å². The molecule has 0 aromatic carbocycles. The first-order valence-electron chi connectivity index (χ1n) is 9.07. The monoisotopic (exact) mass is 343 g/mol. The molecule has 2 aliphatic rings. The van der Waals surface area contributed by atoms with Crippen molar-refractivity contribution < 1.29 is 0 Å². The average molecular weight is 344 g/mol. The largest absolute Gasteiger partial charge is 0.361 e. The molecule has 2 aromatic heterocycles. The van der Waals surface area contributed by atoms with Crippen molar-refractivity contribution in [1.82, 2.24) is 20.3 Å². The SMILES string of the molecule is C[C@H](Nc1nc(C2CCCC2)nc2c1CCNCC2)c1nccs1. The summed E-state index contributed by atoms with van der Waals surface area (Å²) < 4.78 is 0. The van der Waals surface area contributed by atoms with Crippen molar-refractivity contribution in [3.05, 3.63) is 33.7 Å². The van der Waals surface area contributed by atoms with Crippen LogP contribution in [0, 0.1) is 0 Å². The predicted molar refractivity (Wildman–Crippen MR) is 97.7 cm³/mol. The summed E-state index contributed by atoms with van der Waals surface area (Å²) >= 11 is 1.69. The molecule has 2 N–H and O–H groups in total. The number of hydrogen-bond donors (Lipinski definition) is 2. The number of fused-ring (bicyclic) bond motifs is 1. The van der Waals surface area contributed by atoms with Crippen molar-refractivity contribution in [2.45, 2.75) is 57.4 Å². The highest BCUT2D eigenvalue weighted by Gasteiger charge is 2.24. The summed E-state index contributed by atoms with van der Waals surface area (Å²) in [6.07, 6.45) is 8.95. The number of thiazole rings is 1. The molecule has 24 heavy (non-hydrogen) atoms. The van der Waals surface area contributed by atoms with E-state index in [1.807, 2.05) is 11.6 Å². The van der Waals surface area contributed by atoms with Gasteiger partial charge < -0.3 is 10.6 Å². The van der Waals surface area contributed by atoms with E-state index in [2.05, 4.69) is 22.5 Å². The van der Waals surface area contributed by atoms with Gasteiger partial charge in [0.2, 0.25) is 0 Å². The van der Waals surface area contributed by atoms with Crippen LogP contribution in [-0.4, -0.2) is 28.0 Å². The number of rotatable bonds is 4. The van der Waals surface area contributed by atoms with Crippen LogP contribution in [0.3, 0.4) is 0 Å². The van der Waals surface area contributed by atoms with Crippen LogP contribution in [0.4, 0.5) is 5.82 Å². The summed E-state index contributed by atoms with van der Waals surface area (Å²) in [6.45, 7) is 4.17. The van der Waals surface area contributed by atoms with Gasteiger partial charge in [-0.2, -0.15) is 0 Å². The number of nitrogens with one attached hydrogen (secondary N) is 2. The second kappa shape index (κ2) is 7.15. The van der Waals surface area contributed by atoms with E-state index in [1.165, 1.54) is 36.9 Å². The molecule has 4 rings (SSSR count). The Balaban J connectivity index is 1.68. The molecule has 0 bridgehead atoms. The fourth-order valence-corrected chi connectivity index (χ4v) is 4.41. The van der Waals surface area contributed by atoms with Crippen molar-refractivity contribution in [2.24, 2.45) is 0 Å². The van der Waals surface area contributed by atoms with E-state index < -0.39 is 0 Å². The highest BCUT2D eigenvalue weighted by Crippen LogP contribution is 2.34. The molecule has 5 nitrogen and oxygen atoms in total. The topological polar surface area (TPSA) is 62.7 Å². The quantitative estimate of drug-likeness (QED) is 0.890. The Bertz CT molecular complexity index is 679. The van der Waals surface area contributed by atoms with E-state index in [1.54, 1.807) is 11.3 Å². The van der Waals surface area contributed by atoms with Gasteiger partial charge in [0.1, 0.15) is 16.6 Å². The third kappa shape index (κ3) is 3.30. The Morgan fingerprint density at radius 3 is 2.83 bits per heavy atom. The molecule has 0 radical (unpaired) electrons. The molecule has 3 heterocycles. The van der Waals surface area contributed by atoms with E-state index >= 15 is 0 Å². The molecule has 0 saturated heterocycles. The lowest BCUT2D eigenvalue weighted by atomic mass is 10.0. The van der Waals surface area contributed by atoms with Crippen molar-refractivity contribution in [3.8, 4) is 0 Å². The third-order valence-electron chi connectivity index (χ3n) is 5.10. The maximum Gasteiger partial charge on any atom is 0.134 e. The highest BCUT2D eigenvalue weighted by molar-refractivity contribution is 7.09. The second-order valence-corrected chi connectivity index (χ2v) is 7.75. The van der Waals surface area contributed by atoms with Crippen LogP contribution in [0.1, 0.15) is 66.7 Å². The van der Waals surface area contributed by atoms with Crippen molar-refractivity contribution >= 4 is 17.2 Å². The first kappa shape index (κ1) is 16.0. The minimum atomic E-state index is 0.177. The molecule has 1 fully saturated rings. The lowest BCUT2D eigenvalue weighted by Gasteiger charge is -2.19. The first-order valence-corrected chi connectivity index (χ1v) is 9.95. The summed E-state index contributed by atoms with van der Waals surface area (Å²) in [7, 11) is 0. The third-order valence-corrected chi connectivity index (χ3v) is 6.05. The summed E-state index contributed by atoms with van der Waals surface area (Å²) in [6, 6.07) is 0.177. The molecule has 1 atom stereocenters. The van der Waals surface area contributed by atoms with E-state index in [-0.39, 0.29) is 6.04 Å². The van der Waals surface area contributed by atoms with Gasteiger partial charge >= 0.3 is 0 Å². The fraction of sp³-hybridized carbons (Fsp3) is 0.611. The minimum Gasteiger partial charge on any atom is -0.361 e. The predicted octanol–water partition coefficient (Wildman–Crippen LogP) is 3.45. The zero-order chi connectivity index (χ0) is 16.4. The van der Waals surface area contributed by atoms with E-state index in [4.69, 9.17) is 9.97 Å². The summed E-state index contributed by atoms with van der Waals surface area (Å²) in [5.41, 5.74) is 2.54. The second-order valence-electron chi connectivity index (χ2n) is 6.82. The standard InChI is InChI=1S/C18H25N5S/c1-12(18-20-10-11-24-18)21-17-14-6-8-19-9-7-15(14)22-16(23-17)13-4-2-3-5-13/h10-13,19H,2-9H2,1H3,(H,21,22,23)/t12-/m0/s1. The maximum absolute atomic E-state index is 4.99. The van der Waals surface area contributed by atoms with Gasteiger partial charge in [0.15, 0.2) is 0 Å². The van der Waals surface area contributed by atoms with E-state index in [0.29, 0.717) is 5.92 Å². The number of hydrogen-bond acceptors (Lipinski definition) is 6. The molecular formula is C18H25N5S. The summed E-state index contributed by atoms with van der Waals surface area (Å²) in [5.74, 6) is 2.64. The molecule has 1 aliphatic carbocycles. The molecule has 0 spiro atoms. The van der Waals surface area contributed by atoms with Gasteiger partial charge in [0.05, 0.1) is 11.7 Å². The van der Waals surface area contributed by atoms with Gasteiger partial charge in [0, 0.05) is 36.0 Å². The molecule has 0 amide bonds. The van der Waals surface area contributed by atoms with Crippen LogP contribution >= 0.6 is 11.3 Å². The maximum atomic E-state index is 4.99. The number of nitrogens with zero attached hydrogens (tertiary/aromatic N) is 3. The summed E-state index contributed by atoms with van der Waals surface area (Å²) in [5, 5.41) is 10.3.